The zero-order valence-electron chi connectivity index (χ0n) is 11.0. The molecule has 2 fully saturated rings. The lowest BCUT2D eigenvalue weighted by molar-refractivity contribution is -0.123. The smallest absolute Gasteiger partial charge is 0.223 e. The van der Waals surface area contributed by atoms with Gasteiger partial charge < -0.3 is 5.32 Å². The Labute approximate surface area is 119 Å². The molecule has 2 nitrogen and oxygen atoms in total. The minimum Gasteiger partial charge on any atom is -0.352 e. The van der Waals surface area contributed by atoms with E-state index in [1.165, 1.54) is 24.8 Å². The molecular formula is C16H20ClNO. The highest BCUT2D eigenvalue weighted by atomic mass is 35.5. The molecule has 19 heavy (non-hydrogen) atoms. The molecule has 1 aromatic carbocycles. The standard InChI is InChI=1S/C16H20ClNO/c17-10-12(9-11-5-2-1-3-6-11)18-16(19)15-13-7-4-8-14(13)15/h1-3,5-6,12-15H,4,7-10H2,(H,18,19). The second-order valence-corrected chi connectivity index (χ2v) is 6.14. The molecule has 102 valence electrons. The van der Waals surface area contributed by atoms with Gasteiger partial charge in [0.25, 0.3) is 0 Å². The monoisotopic (exact) mass is 277 g/mol. The van der Waals surface area contributed by atoms with Gasteiger partial charge in [-0.1, -0.05) is 36.8 Å². The summed E-state index contributed by atoms with van der Waals surface area (Å²) in [5, 5.41) is 3.13. The predicted molar refractivity (Wildman–Crippen MR) is 77.1 cm³/mol. The second-order valence-electron chi connectivity index (χ2n) is 5.83. The van der Waals surface area contributed by atoms with E-state index < -0.39 is 0 Å². The highest BCUT2D eigenvalue weighted by Gasteiger charge is 2.56. The average Bonchev–Trinajstić information content (AvgIpc) is 2.93. The van der Waals surface area contributed by atoms with Crippen LogP contribution in [0.5, 0.6) is 0 Å². The van der Waals surface area contributed by atoms with Crippen molar-refractivity contribution in [3.63, 3.8) is 0 Å². The first kappa shape index (κ1) is 13.0. The molecule has 3 rings (SSSR count). The van der Waals surface area contributed by atoms with E-state index in [0.29, 0.717) is 17.7 Å². The van der Waals surface area contributed by atoms with Crippen LogP contribution in [0, 0.1) is 17.8 Å². The average molecular weight is 278 g/mol. The summed E-state index contributed by atoms with van der Waals surface area (Å²) in [5.74, 6) is 2.34. The van der Waals surface area contributed by atoms with Gasteiger partial charge in [-0.25, -0.2) is 0 Å². The van der Waals surface area contributed by atoms with Gasteiger partial charge in [-0.15, -0.1) is 11.6 Å². The molecule has 0 saturated heterocycles. The number of rotatable bonds is 5. The van der Waals surface area contributed by atoms with Crippen molar-refractivity contribution in [3.8, 4) is 0 Å². The molecule has 3 unspecified atom stereocenters. The summed E-state index contributed by atoms with van der Waals surface area (Å²) in [4.78, 5) is 12.2. The third-order valence-electron chi connectivity index (χ3n) is 4.57. The van der Waals surface area contributed by atoms with Crippen LogP contribution in [-0.2, 0) is 11.2 Å². The summed E-state index contributed by atoms with van der Waals surface area (Å²) in [5.41, 5.74) is 1.23. The van der Waals surface area contributed by atoms with Crippen LogP contribution in [0.2, 0.25) is 0 Å². The molecule has 0 bridgehead atoms. The highest BCUT2D eigenvalue weighted by Crippen LogP contribution is 2.57. The number of halogens is 1. The fraction of sp³-hybridized carbons (Fsp3) is 0.562. The third kappa shape index (κ3) is 2.79. The number of hydrogen-bond donors (Lipinski definition) is 1. The molecule has 1 amide bonds. The Morgan fingerprint density at radius 2 is 1.95 bits per heavy atom. The van der Waals surface area contributed by atoms with Gasteiger partial charge in [0.05, 0.1) is 0 Å². The Hall–Kier alpha value is -1.02. The van der Waals surface area contributed by atoms with Crippen LogP contribution in [0.15, 0.2) is 30.3 Å². The van der Waals surface area contributed by atoms with Gasteiger partial charge >= 0.3 is 0 Å². The first-order valence-electron chi connectivity index (χ1n) is 7.20. The number of nitrogens with one attached hydrogen (secondary N) is 1. The van der Waals surface area contributed by atoms with Crippen molar-refractivity contribution < 1.29 is 4.79 Å². The van der Waals surface area contributed by atoms with Crippen LogP contribution in [0.4, 0.5) is 0 Å². The van der Waals surface area contributed by atoms with Crippen molar-refractivity contribution in [2.45, 2.75) is 31.7 Å². The van der Waals surface area contributed by atoms with Gasteiger partial charge in [0.15, 0.2) is 0 Å². The number of alkyl halides is 1. The third-order valence-corrected chi connectivity index (χ3v) is 4.94. The van der Waals surface area contributed by atoms with Crippen molar-refractivity contribution in [2.75, 3.05) is 5.88 Å². The van der Waals surface area contributed by atoms with Crippen LogP contribution >= 0.6 is 11.6 Å². The highest BCUT2D eigenvalue weighted by molar-refractivity contribution is 6.18. The quantitative estimate of drug-likeness (QED) is 0.824. The van der Waals surface area contributed by atoms with Crippen molar-refractivity contribution >= 4 is 17.5 Å². The van der Waals surface area contributed by atoms with Crippen LogP contribution in [0.25, 0.3) is 0 Å². The van der Waals surface area contributed by atoms with E-state index in [0.717, 1.165) is 6.42 Å². The van der Waals surface area contributed by atoms with Crippen molar-refractivity contribution in [3.05, 3.63) is 35.9 Å². The molecule has 0 radical (unpaired) electrons. The van der Waals surface area contributed by atoms with E-state index in [-0.39, 0.29) is 17.9 Å². The summed E-state index contributed by atoms with van der Waals surface area (Å²) >= 11 is 5.99. The normalized spacial score (nSPS) is 29.6. The lowest BCUT2D eigenvalue weighted by Gasteiger charge is -2.17. The minimum atomic E-state index is 0.0536. The fourth-order valence-corrected chi connectivity index (χ4v) is 3.74. The zero-order chi connectivity index (χ0) is 13.2. The molecule has 0 aromatic heterocycles. The second kappa shape index (κ2) is 5.54. The van der Waals surface area contributed by atoms with Gasteiger partial charge in [0.2, 0.25) is 5.91 Å². The van der Waals surface area contributed by atoms with Gasteiger partial charge in [0, 0.05) is 17.8 Å². The SMILES string of the molecule is O=C(NC(CCl)Cc1ccccc1)C1C2CCCC21. The summed E-state index contributed by atoms with van der Waals surface area (Å²) in [6.07, 6.45) is 4.61. The Kier molecular flexibility index (Phi) is 3.79. The van der Waals surface area contributed by atoms with Gasteiger partial charge in [-0.3, -0.25) is 4.79 Å². The number of hydrogen-bond acceptors (Lipinski definition) is 1. The zero-order valence-corrected chi connectivity index (χ0v) is 11.8. The van der Waals surface area contributed by atoms with Crippen molar-refractivity contribution in [1.82, 2.24) is 5.32 Å². The number of fused-ring (bicyclic) bond motifs is 1. The van der Waals surface area contributed by atoms with E-state index in [1.807, 2.05) is 18.2 Å². The fourth-order valence-electron chi connectivity index (χ4n) is 3.55. The maximum Gasteiger partial charge on any atom is 0.223 e. The molecule has 0 heterocycles. The molecule has 1 N–H and O–H groups in total. The molecule has 3 heteroatoms. The van der Waals surface area contributed by atoms with E-state index in [2.05, 4.69) is 17.4 Å². The van der Waals surface area contributed by atoms with Crippen molar-refractivity contribution in [1.29, 1.82) is 0 Å². The van der Waals surface area contributed by atoms with E-state index in [9.17, 15) is 4.79 Å². The number of carbonyl (C=O) groups excluding carboxylic acids is 1. The Morgan fingerprint density at radius 1 is 1.26 bits per heavy atom. The molecule has 0 aliphatic heterocycles. The molecule has 0 spiro atoms. The number of amides is 1. The van der Waals surface area contributed by atoms with E-state index in [1.54, 1.807) is 0 Å². The Morgan fingerprint density at radius 3 is 2.58 bits per heavy atom. The van der Waals surface area contributed by atoms with Crippen LogP contribution in [-0.4, -0.2) is 17.8 Å². The summed E-state index contributed by atoms with van der Waals surface area (Å²) in [6, 6.07) is 10.3. The first-order valence-corrected chi connectivity index (χ1v) is 7.73. The Bertz CT molecular complexity index is 437. The maximum absolute atomic E-state index is 12.2. The van der Waals surface area contributed by atoms with E-state index in [4.69, 9.17) is 11.6 Å². The summed E-state index contributed by atoms with van der Waals surface area (Å²) in [6.45, 7) is 0. The maximum atomic E-state index is 12.2. The van der Waals surface area contributed by atoms with Gasteiger partial charge in [-0.05, 0) is 36.7 Å². The number of benzene rings is 1. The van der Waals surface area contributed by atoms with Crippen molar-refractivity contribution in [2.24, 2.45) is 17.8 Å². The lowest BCUT2D eigenvalue weighted by atomic mass is 10.1. The molecule has 1 aromatic rings. The Balaban J connectivity index is 1.54. The van der Waals surface area contributed by atoms with Crippen LogP contribution in [0.3, 0.4) is 0 Å². The number of carbonyl (C=O) groups is 1. The molecule has 2 saturated carbocycles. The van der Waals surface area contributed by atoms with E-state index >= 15 is 0 Å². The molecule has 2 aliphatic carbocycles. The van der Waals surface area contributed by atoms with Gasteiger partial charge in [-0.2, -0.15) is 0 Å². The molecule has 3 atom stereocenters. The largest absolute Gasteiger partial charge is 0.352 e. The summed E-state index contributed by atoms with van der Waals surface area (Å²) in [7, 11) is 0. The summed E-state index contributed by atoms with van der Waals surface area (Å²) < 4.78 is 0. The predicted octanol–water partition coefficient (Wildman–Crippen LogP) is 3.00. The first-order chi connectivity index (χ1) is 9.29. The van der Waals surface area contributed by atoms with Crippen LogP contribution < -0.4 is 5.32 Å². The molecule has 2 aliphatic rings. The molecular weight excluding hydrogens is 258 g/mol. The topological polar surface area (TPSA) is 29.1 Å². The van der Waals surface area contributed by atoms with Gasteiger partial charge in [0.1, 0.15) is 0 Å². The minimum absolute atomic E-state index is 0.0536. The lowest BCUT2D eigenvalue weighted by Crippen LogP contribution is -2.39. The van der Waals surface area contributed by atoms with Crippen LogP contribution in [0.1, 0.15) is 24.8 Å².